The van der Waals surface area contributed by atoms with Crippen molar-refractivity contribution in [1.29, 1.82) is 0 Å². The molecule has 0 aliphatic rings. The van der Waals surface area contributed by atoms with Crippen LogP contribution >= 0.6 is 0 Å². The molecule has 8 heteroatoms. The van der Waals surface area contributed by atoms with E-state index in [9.17, 15) is 19.2 Å². The molecule has 0 aliphatic heterocycles. The van der Waals surface area contributed by atoms with Gasteiger partial charge in [-0.05, 0) is 44.9 Å². The smallest absolute Gasteiger partial charge is 0.303 e. The zero-order valence-electron chi connectivity index (χ0n) is 35.2. The van der Waals surface area contributed by atoms with Gasteiger partial charge in [0.2, 0.25) is 5.91 Å². The molecular formula is C45H83NO7. The van der Waals surface area contributed by atoms with E-state index in [1.165, 1.54) is 156 Å². The highest BCUT2D eigenvalue weighted by Gasteiger charge is 2.36. The number of hydrogen-bond donors (Lipinski definition) is 1. The van der Waals surface area contributed by atoms with E-state index in [4.69, 9.17) is 14.2 Å². The van der Waals surface area contributed by atoms with Gasteiger partial charge in [-0.1, -0.05) is 167 Å². The number of amides is 1. The summed E-state index contributed by atoms with van der Waals surface area (Å²) in [4.78, 5) is 49.2. The zero-order valence-corrected chi connectivity index (χ0v) is 35.2. The number of carbonyl (C=O) groups is 4. The van der Waals surface area contributed by atoms with Crippen molar-refractivity contribution >= 4 is 23.8 Å². The second-order valence-corrected chi connectivity index (χ2v) is 15.3. The van der Waals surface area contributed by atoms with E-state index in [-0.39, 0.29) is 12.5 Å². The van der Waals surface area contributed by atoms with Crippen molar-refractivity contribution in [3.8, 4) is 0 Å². The molecule has 0 aromatic carbocycles. The summed E-state index contributed by atoms with van der Waals surface area (Å²) in [5, 5.41) is 2.94. The minimum atomic E-state index is -0.983. The summed E-state index contributed by atoms with van der Waals surface area (Å²) < 4.78 is 16.6. The first kappa shape index (κ1) is 50.6. The quantitative estimate of drug-likeness (QED) is 0.0290. The average Bonchev–Trinajstić information content (AvgIpc) is 3.11. The van der Waals surface area contributed by atoms with E-state index in [1.54, 1.807) is 0 Å². The Morgan fingerprint density at radius 2 is 0.887 bits per heavy atom. The van der Waals surface area contributed by atoms with Crippen LogP contribution < -0.4 is 5.32 Å². The first-order chi connectivity index (χ1) is 25.7. The summed E-state index contributed by atoms with van der Waals surface area (Å²) in [6.45, 7) is 8.24. The van der Waals surface area contributed by atoms with E-state index >= 15 is 0 Å². The lowest BCUT2D eigenvalue weighted by Gasteiger charge is -2.33. The number of hydrogen-bond acceptors (Lipinski definition) is 7. The first-order valence-corrected chi connectivity index (χ1v) is 22.1. The van der Waals surface area contributed by atoms with E-state index in [2.05, 4.69) is 31.3 Å². The summed E-state index contributed by atoms with van der Waals surface area (Å²) >= 11 is 0. The van der Waals surface area contributed by atoms with Crippen LogP contribution in [0.3, 0.4) is 0 Å². The topological polar surface area (TPSA) is 108 Å². The third-order valence-corrected chi connectivity index (χ3v) is 9.95. The van der Waals surface area contributed by atoms with Gasteiger partial charge in [-0.25, -0.2) is 0 Å². The molecule has 0 rings (SSSR count). The second-order valence-electron chi connectivity index (χ2n) is 15.3. The molecular weight excluding hydrogens is 666 g/mol. The van der Waals surface area contributed by atoms with Gasteiger partial charge in [0.25, 0.3) is 0 Å². The van der Waals surface area contributed by atoms with Crippen molar-refractivity contribution in [3.63, 3.8) is 0 Å². The number of allylic oxidation sites excluding steroid dienone is 2. The van der Waals surface area contributed by atoms with Crippen molar-refractivity contribution in [1.82, 2.24) is 5.32 Å². The van der Waals surface area contributed by atoms with Gasteiger partial charge < -0.3 is 19.5 Å². The third kappa shape index (κ3) is 35.1. The molecule has 8 nitrogen and oxygen atoms in total. The molecule has 0 saturated carbocycles. The van der Waals surface area contributed by atoms with Gasteiger partial charge >= 0.3 is 17.9 Å². The monoisotopic (exact) mass is 750 g/mol. The fourth-order valence-corrected chi connectivity index (χ4v) is 6.89. The normalized spacial score (nSPS) is 13.1. The van der Waals surface area contributed by atoms with Crippen molar-refractivity contribution in [2.75, 3.05) is 6.61 Å². The van der Waals surface area contributed by atoms with E-state index in [0.717, 1.165) is 44.9 Å². The highest BCUT2D eigenvalue weighted by molar-refractivity contribution is 5.76. The zero-order chi connectivity index (χ0) is 39.2. The number of esters is 3. The summed E-state index contributed by atoms with van der Waals surface area (Å²) in [7, 11) is 0. The fraction of sp³-hybridized carbons (Fsp3) is 0.867. The van der Waals surface area contributed by atoms with Gasteiger partial charge in [-0.2, -0.15) is 0 Å². The standard InChI is InChI=1S/C45H83NO7/c1-6-8-10-12-14-16-18-20-22-24-26-28-30-32-34-36-43(52-40(4)48)45(53-41(5)49)42(38-51-39(3)47)46-44(50)37-35-33-31-29-27-25-23-21-19-17-15-13-11-9-7-2/h26,28,42-43,45H,6-25,27,29-38H2,1-5H3,(H,46,50)/b28-26+/t42-,43+,45-/m0/s1. The van der Waals surface area contributed by atoms with Crippen LogP contribution in [0.2, 0.25) is 0 Å². The maximum Gasteiger partial charge on any atom is 0.303 e. The highest BCUT2D eigenvalue weighted by Crippen LogP contribution is 2.20. The van der Waals surface area contributed by atoms with Crippen LogP contribution in [-0.2, 0) is 33.4 Å². The summed E-state index contributed by atoms with van der Waals surface area (Å²) in [6, 6.07) is -0.841. The first-order valence-electron chi connectivity index (χ1n) is 22.1. The van der Waals surface area contributed by atoms with Gasteiger partial charge in [0.15, 0.2) is 6.10 Å². The Balaban J connectivity index is 4.70. The van der Waals surface area contributed by atoms with Crippen LogP contribution in [0.15, 0.2) is 12.2 Å². The molecule has 0 aromatic heterocycles. The fourth-order valence-electron chi connectivity index (χ4n) is 6.89. The van der Waals surface area contributed by atoms with Crippen molar-refractivity contribution in [2.24, 2.45) is 0 Å². The Labute approximate surface area is 326 Å². The van der Waals surface area contributed by atoms with E-state index < -0.39 is 36.2 Å². The average molecular weight is 750 g/mol. The van der Waals surface area contributed by atoms with Crippen molar-refractivity contribution < 1.29 is 33.4 Å². The number of carbonyl (C=O) groups excluding carboxylic acids is 4. The SMILES string of the molecule is CCCCCCCCCCC/C=C/CCCC[C@@H](OC(C)=O)[C@@H](OC(C)=O)[C@H](COC(C)=O)NC(=O)CCCCCCCCCCCCCCCCC. The van der Waals surface area contributed by atoms with Gasteiger partial charge in [-0.15, -0.1) is 0 Å². The number of ether oxygens (including phenoxy) is 3. The van der Waals surface area contributed by atoms with Crippen LogP contribution in [0.25, 0.3) is 0 Å². The Morgan fingerprint density at radius 3 is 1.30 bits per heavy atom. The molecule has 53 heavy (non-hydrogen) atoms. The maximum atomic E-state index is 13.1. The van der Waals surface area contributed by atoms with Gasteiger partial charge in [0, 0.05) is 27.2 Å². The molecule has 0 unspecified atom stereocenters. The molecule has 0 heterocycles. The molecule has 0 radical (unpaired) electrons. The molecule has 310 valence electrons. The third-order valence-electron chi connectivity index (χ3n) is 9.95. The summed E-state index contributed by atoms with van der Waals surface area (Å²) in [5.74, 6) is -1.77. The molecule has 0 spiro atoms. The second kappa shape index (κ2) is 37.9. The molecule has 0 fully saturated rings. The largest absolute Gasteiger partial charge is 0.464 e. The molecule has 0 saturated heterocycles. The summed E-state index contributed by atoms with van der Waals surface area (Å²) in [5.41, 5.74) is 0. The molecule has 1 N–H and O–H groups in total. The lowest BCUT2D eigenvalue weighted by atomic mass is 9.99. The molecule has 0 bridgehead atoms. The molecule has 1 amide bonds. The highest BCUT2D eigenvalue weighted by atomic mass is 16.6. The minimum Gasteiger partial charge on any atom is -0.464 e. The van der Waals surface area contributed by atoms with Crippen LogP contribution in [0.1, 0.15) is 227 Å². The lowest BCUT2D eigenvalue weighted by Crippen LogP contribution is -2.54. The molecule has 0 aromatic rings. The lowest BCUT2D eigenvalue weighted by molar-refractivity contribution is -0.171. The molecule has 3 atom stereocenters. The predicted octanol–water partition coefficient (Wildman–Crippen LogP) is 12.2. The van der Waals surface area contributed by atoms with Crippen LogP contribution in [0, 0.1) is 0 Å². The summed E-state index contributed by atoms with van der Waals surface area (Å²) in [6.07, 6.45) is 37.8. The van der Waals surface area contributed by atoms with Gasteiger partial charge in [0.1, 0.15) is 18.8 Å². The maximum absolute atomic E-state index is 13.1. The molecule has 0 aliphatic carbocycles. The Morgan fingerprint density at radius 1 is 0.491 bits per heavy atom. The Hall–Kier alpha value is -2.38. The minimum absolute atomic E-state index is 0.183. The van der Waals surface area contributed by atoms with Gasteiger partial charge in [-0.3, -0.25) is 19.2 Å². The van der Waals surface area contributed by atoms with Crippen LogP contribution in [0.4, 0.5) is 0 Å². The Bertz CT molecular complexity index is 921. The van der Waals surface area contributed by atoms with Crippen LogP contribution in [-0.4, -0.2) is 48.7 Å². The van der Waals surface area contributed by atoms with Gasteiger partial charge in [0.05, 0.1) is 0 Å². The Kier molecular flexibility index (Phi) is 36.2. The van der Waals surface area contributed by atoms with E-state index in [0.29, 0.717) is 12.8 Å². The van der Waals surface area contributed by atoms with Crippen molar-refractivity contribution in [2.45, 2.75) is 245 Å². The number of rotatable bonds is 38. The number of unbranched alkanes of at least 4 members (excludes halogenated alkanes) is 25. The van der Waals surface area contributed by atoms with Crippen LogP contribution in [0.5, 0.6) is 0 Å². The predicted molar refractivity (Wildman–Crippen MR) is 219 cm³/mol. The van der Waals surface area contributed by atoms with E-state index in [1.807, 2.05) is 0 Å². The number of nitrogens with one attached hydrogen (secondary N) is 1. The van der Waals surface area contributed by atoms with Crippen molar-refractivity contribution in [3.05, 3.63) is 12.2 Å².